The van der Waals surface area contributed by atoms with Crippen LogP contribution < -0.4 is 10.1 Å². The normalized spacial score (nSPS) is 10.5. The highest BCUT2D eigenvalue weighted by Crippen LogP contribution is 2.34. The monoisotopic (exact) mass is 387 g/mol. The van der Waals surface area contributed by atoms with Crippen LogP contribution in [0, 0.1) is 6.92 Å². The van der Waals surface area contributed by atoms with E-state index >= 15 is 0 Å². The van der Waals surface area contributed by atoms with Crippen LogP contribution in [-0.4, -0.2) is 23.2 Å². The van der Waals surface area contributed by atoms with Crippen molar-refractivity contribution in [1.82, 2.24) is 9.55 Å². The molecule has 1 heterocycles. The first-order chi connectivity index (χ1) is 9.11. The number of hydrogen-bond acceptors (Lipinski definition) is 3. The summed E-state index contributed by atoms with van der Waals surface area (Å²) in [7, 11) is 1.66. The smallest absolute Gasteiger partial charge is 0.135 e. The third kappa shape index (κ3) is 3.51. The Morgan fingerprint density at radius 2 is 2.11 bits per heavy atom. The molecule has 0 spiro atoms. The molecule has 1 aromatic carbocycles. The molecule has 4 nitrogen and oxygen atoms in total. The van der Waals surface area contributed by atoms with Crippen LogP contribution in [0.1, 0.15) is 5.82 Å². The van der Waals surface area contributed by atoms with Gasteiger partial charge in [0.05, 0.1) is 17.3 Å². The van der Waals surface area contributed by atoms with Crippen LogP contribution in [0.3, 0.4) is 0 Å². The Kier molecular flexibility index (Phi) is 4.87. The number of halogens is 2. The first kappa shape index (κ1) is 14.4. The van der Waals surface area contributed by atoms with Crippen molar-refractivity contribution in [1.29, 1.82) is 0 Å². The van der Waals surface area contributed by atoms with Gasteiger partial charge in [-0.25, -0.2) is 4.98 Å². The number of aryl methyl sites for hydroxylation is 1. The third-order valence-corrected chi connectivity index (χ3v) is 4.11. The standard InChI is InChI=1S/C13H15Br2N3O/c1-9-16-3-5-18(9)6-4-17-12-8-13(19-2)11(15)7-10(12)14/h3,5,7-8,17H,4,6H2,1-2H3. The van der Waals surface area contributed by atoms with Crippen LogP contribution in [-0.2, 0) is 6.54 Å². The van der Waals surface area contributed by atoms with Crippen LogP contribution in [0.5, 0.6) is 5.75 Å². The lowest BCUT2D eigenvalue weighted by molar-refractivity contribution is 0.412. The fourth-order valence-electron chi connectivity index (χ4n) is 1.77. The van der Waals surface area contributed by atoms with Crippen LogP contribution in [0.2, 0.25) is 0 Å². The van der Waals surface area contributed by atoms with Gasteiger partial charge in [0.1, 0.15) is 11.6 Å². The molecule has 0 atom stereocenters. The van der Waals surface area contributed by atoms with Crippen molar-refractivity contribution in [2.24, 2.45) is 0 Å². The van der Waals surface area contributed by atoms with Gasteiger partial charge in [0.15, 0.2) is 0 Å². The number of benzene rings is 1. The minimum atomic E-state index is 0.810. The van der Waals surface area contributed by atoms with E-state index in [9.17, 15) is 0 Å². The molecule has 0 unspecified atom stereocenters. The zero-order chi connectivity index (χ0) is 13.8. The van der Waals surface area contributed by atoms with Gasteiger partial charge in [-0.15, -0.1) is 0 Å². The minimum absolute atomic E-state index is 0.810. The Bertz CT molecular complexity index is 569. The predicted octanol–water partition coefficient (Wildman–Crippen LogP) is 3.84. The Labute approximate surface area is 129 Å². The van der Waals surface area contributed by atoms with E-state index in [-0.39, 0.29) is 0 Å². The van der Waals surface area contributed by atoms with Crippen molar-refractivity contribution in [3.63, 3.8) is 0 Å². The van der Waals surface area contributed by atoms with Gasteiger partial charge in [-0.2, -0.15) is 0 Å². The second kappa shape index (κ2) is 6.43. The minimum Gasteiger partial charge on any atom is -0.495 e. The van der Waals surface area contributed by atoms with Crippen molar-refractivity contribution in [3.8, 4) is 5.75 Å². The predicted molar refractivity (Wildman–Crippen MR) is 83.8 cm³/mol. The van der Waals surface area contributed by atoms with E-state index in [2.05, 4.69) is 46.7 Å². The second-order valence-corrected chi connectivity index (χ2v) is 5.77. The van der Waals surface area contributed by atoms with E-state index < -0.39 is 0 Å². The van der Waals surface area contributed by atoms with Crippen LogP contribution in [0.15, 0.2) is 33.5 Å². The van der Waals surface area contributed by atoms with E-state index in [1.54, 1.807) is 7.11 Å². The molecule has 0 saturated carbocycles. The SMILES string of the molecule is COc1cc(NCCn2ccnc2C)c(Br)cc1Br. The van der Waals surface area contributed by atoms with E-state index in [0.29, 0.717) is 0 Å². The summed E-state index contributed by atoms with van der Waals surface area (Å²) in [5.41, 5.74) is 1.01. The summed E-state index contributed by atoms with van der Waals surface area (Å²) in [6, 6.07) is 3.94. The van der Waals surface area contributed by atoms with Crippen LogP contribution in [0.4, 0.5) is 5.69 Å². The summed E-state index contributed by atoms with van der Waals surface area (Å²) in [5.74, 6) is 1.83. The molecule has 1 aromatic heterocycles. The zero-order valence-electron chi connectivity index (χ0n) is 10.8. The van der Waals surface area contributed by atoms with Crippen molar-refractivity contribution in [2.45, 2.75) is 13.5 Å². The van der Waals surface area contributed by atoms with Crippen molar-refractivity contribution < 1.29 is 4.74 Å². The van der Waals surface area contributed by atoms with Gasteiger partial charge >= 0.3 is 0 Å². The number of aromatic nitrogens is 2. The molecular formula is C13H15Br2N3O. The summed E-state index contributed by atoms with van der Waals surface area (Å²) in [4.78, 5) is 4.20. The summed E-state index contributed by atoms with van der Waals surface area (Å²) >= 11 is 6.99. The number of rotatable bonds is 5. The van der Waals surface area contributed by atoms with Crippen LogP contribution >= 0.6 is 31.9 Å². The summed E-state index contributed by atoms with van der Waals surface area (Å²) < 4.78 is 9.33. The first-order valence-corrected chi connectivity index (χ1v) is 7.45. The maximum atomic E-state index is 5.29. The van der Waals surface area contributed by atoms with Crippen molar-refractivity contribution >= 4 is 37.5 Å². The molecule has 102 valence electrons. The van der Waals surface area contributed by atoms with Gasteiger partial charge in [0, 0.05) is 36.0 Å². The van der Waals surface area contributed by atoms with E-state index in [0.717, 1.165) is 39.3 Å². The lowest BCUT2D eigenvalue weighted by atomic mass is 10.3. The van der Waals surface area contributed by atoms with Gasteiger partial charge in [0.2, 0.25) is 0 Å². The van der Waals surface area contributed by atoms with E-state index in [1.807, 2.05) is 31.5 Å². The molecule has 0 saturated heterocycles. The van der Waals surface area contributed by atoms with Crippen molar-refractivity contribution in [3.05, 3.63) is 39.3 Å². The summed E-state index contributed by atoms with van der Waals surface area (Å²) in [6.45, 7) is 3.69. The largest absolute Gasteiger partial charge is 0.495 e. The Morgan fingerprint density at radius 1 is 1.32 bits per heavy atom. The van der Waals surface area contributed by atoms with Crippen LogP contribution in [0.25, 0.3) is 0 Å². The number of imidazole rings is 1. The second-order valence-electron chi connectivity index (χ2n) is 4.06. The highest BCUT2D eigenvalue weighted by molar-refractivity contribution is 9.11. The lowest BCUT2D eigenvalue weighted by Crippen LogP contribution is -2.11. The molecule has 0 amide bonds. The number of ether oxygens (including phenoxy) is 1. The van der Waals surface area contributed by atoms with E-state index in [1.165, 1.54) is 0 Å². The topological polar surface area (TPSA) is 39.1 Å². The third-order valence-electron chi connectivity index (χ3n) is 2.83. The molecule has 1 N–H and O–H groups in total. The molecule has 0 radical (unpaired) electrons. The maximum absolute atomic E-state index is 5.29. The highest BCUT2D eigenvalue weighted by atomic mass is 79.9. The molecule has 0 fully saturated rings. The van der Waals surface area contributed by atoms with Gasteiger partial charge < -0.3 is 14.6 Å². The maximum Gasteiger partial charge on any atom is 0.135 e. The molecule has 19 heavy (non-hydrogen) atoms. The molecule has 0 bridgehead atoms. The average molecular weight is 389 g/mol. The molecule has 0 aliphatic heterocycles. The molecule has 2 rings (SSSR count). The van der Waals surface area contributed by atoms with Gasteiger partial charge in [-0.05, 0) is 44.8 Å². The Morgan fingerprint density at radius 3 is 2.74 bits per heavy atom. The number of nitrogens with zero attached hydrogens (tertiary/aromatic N) is 2. The highest BCUT2D eigenvalue weighted by Gasteiger charge is 2.06. The molecule has 2 aromatic rings. The lowest BCUT2D eigenvalue weighted by Gasteiger charge is -2.12. The number of hydrogen-bond donors (Lipinski definition) is 1. The number of methoxy groups -OCH3 is 1. The Hall–Kier alpha value is -1.01. The Balaban J connectivity index is 2.01. The summed E-state index contributed by atoms with van der Waals surface area (Å²) in [5, 5.41) is 3.38. The zero-order valence-corrected chi connectivity index (χ0v) is 14.0. The molecule has 0 aliphatic carbocycles. The number of anilines is 1. The van der Waals surface area contributed by atoms with Gasteiger partial charge in [-0.3, -0.25) is 0 Å². The van der Waals surface area contributed by atoms with Gasteiger partial charge in [0.25, 0.3) is 0 Å². The fourth-order valence-corrected chi connectivity index (χ4v) is 3.07. The quantitative estimate of drug-likeness (QED) is 0.845. The first-order valence-electron chi connectivity index (χ1n) is 5.86. The summed E-state index contributed by atoms with van der Waals surface area (Å²) in [6.07, 6.45) is 3.79. The molecular weight excluding hydrogens is 374 g/mol. The fraction of sp³-hybridized carbons (Fsp3) is 0.308. The van der Waals surface area contributed by atoms with Crippen molar-refractivity contribution in [2.75, 3.05) is 19.0 Å². The molecule has 0 aliphatic rings. The van der Waals surface area contributed by atoms with E-state index in [4.69, 9.17) is 4.74 Å². The average Bonchev–Trinajstić information content (AvgIpc) is 2.78. The number of nitrogens with one attached hydrogen (secondary N) is 1. The molecule has 6 heteroatoms. The van der Waals surface area contributed by atoms with Gasteiger partial charge in [-0.1, -0.05) is 0 Å².